The predicted octanol–water partition coefficient (Wildman–Crippen LogP) is 3.66. The molecule has 0 aromatic heterocycles. The minimum atomic E-state index is -0.766. The number of anilines is 1. The SMILES string of the molecule is CC(C)c1ccc(CNc2ccc(F)c(C(N)=O)c2)cc1. The van der Waals surface area contributed by atoms with Gasteiger partial charge in [0.1, 0.15) is 5.82 Å². The number of hydrogen-bond acceptors (Lipinski definition) is 2. The zero-order valence-electron chi connectivity index (χ0n) is 12.2. The van der Waals surface area contributed by atoms with E-state index in [-0.39, 0.29) is 5.56 Å². The van der Waals surface area contributed by atoms with Crippen molar-refractivity contribution >= 4 is 11.6 Å². The number of primary amides is 1. The summed E-state index contributed by atoms with van der Waals surface area (Å²) in [4.78, 5) is 11.1. The van der Waals surface area contributed by atoms with Gasteiger partial charge in [-0.1, -0.05) is 38.1 Å². The lowest BCUT2D eigenvalue weighted by molar-refractivity contribution is 0.0996. The van der Waals surface area contributed by atoms with Crippen LogP contribution in [0.4, 0.5) is 10.1 Å². The molecule has 0 spiro atoms. The molecular weight excluding hydrogens is 267 g/mol. The zero-order valence-corrected chi connectivity index (χ0v) is 12.2. The molecule has 110 valence electrons. The summed E-state index contributed by atoms with van der Waals surface area (Å²) in [7, 11) is 0. The van der Waals surface area contributed by atoms with Crippen LogP contribution in [0.3, 0.4) is 0 Å². The van der Waals surface area contributed by atoms with E-state index in [4.69, 9.17) is 5.73 Å². The molecule has 0 fully saturated rings. The van der Waals surface area contributed by atoms with Crippen molar-refractivity contribution in [3.63, 3.8) is 0 Å². The lowest BCUT2D eigenvalue weighted by Gasteiger charge is -2.10. The van der Waals surface area contributed by atoms with Gasteiger partial charge >= 0.3 is 0 Å². The fraction of sp³-hybridized carbons (Fsp3) is 0.235. The van der Waals surface area contributed by atoms with Crippen LogP contribution in [0.5, 0.6) is 0 Å². The third-order valence-electron chi connectivity index (χ3n) is 3.37. The molecular formula is C17H19FN2O. The van der Waals surface area contributed by atoms with E-state index in [2.05, 4.69) is 43.4 Å². The third-order valence-corrected chi connectivity index (χ3v) is 3.37. The predicted molar refractivity (Wildman–Crippen MR) is 82.8 cm³/mol. The molecule has 0 heterocycles. The highest BCUT2D eigenvalue weighted by Crippen LogP contribution is 2.17. The first-order valence-electron chi connectivity index (χ1n) is 6.89. The number of rotatable bonds is 5. The number of nitrogens with two attached hydrogens (primary N) is 1. The monoisotopic (exact) mass is 286 g/mol. The van der Waals surface area contributed by atoms with Gasteiger partial charge in [-0.25, -0.2) is 4.39 Å². The molecule has 2 aromatic rings. The quantitative estimate of drug-likeness (QED) is 0.881. The van der Waals surface area contributed by atoms with E-state index >= 15 is 0 Å². The summed E-state index contributed by atoms with van der Waals surface area (Å²) in [5, 5.41) is 3.16. The topological polar surface area (TPSA) is 55.1 Å². The highest BCUT2D eigenvalue weighted by Gasteiger charge is 2.08. The van der Waals surface area contributed by atoms with Crippen molar-refractivity contribution in [1.29, 1.82) is 0 Å². The number of carbonyl (C=O) groups excluding carboxylic acids is 1. The van der Waals surface area contributed by atoms with Gasteiger partial charge in [0, 0.05) is 12.2 Å². The number of halogens is 1. The Bertz CT molecular complexity index is 636. The average Bonchev–Trinajstić information content (AvgIpc) is 2.46. The molecule has 0 aliphatic rings. The molecule has 21 heavy (non-hydrogen) atoms. The molecule has 0 radical (unpaired) electrons. The number of carbonyl (C=O) groups is 1. The van der Waals surface area contributed by atoms with E-state index in [9.17, 15) is 9.18 Å². The molecule has 0 aliphatic carbocycles. The maximum Gasteiger partial charge on any atom is 0.251 e. The van der Waals surface area contributed by atoms with Gasteiger partial charge in [0.25, 0.3) is 5.91 Å². The molecule has 4 heteroatoms. The van der Waals surface area contributed by atoms with Gasteiger partial charge in [0.2, 0.25) is 0 Å². The van der Waals surface area contributed by atoms with Crippen molar-refractivity contribution in [3.8, 4) is 0 Å². The standard InChI is InChI=1S/C17H19FN2O/c1-11(2)13-5-3-12(4-6-13)10-20-14-7-8-16(18)15(9-14)17(19)21/h3-9,11,20H,10H2,1-2H3,(H2,19,21). The summed E-state index contributed by atoms with van der Waals surface area (Å²) in [5.74, 6) is -0.867. The summed E-state index contributed by atoms with van der Waals surface area (Å²) in [6, 6.07) is 12.6. The molecule has 2 rings (SSSR count). The van der Waals surface area contributed by atoms with Crippen LogP contribution in [-0.4, -0.2) is 5.91 Å². The van der Waals surface area contributed by atoms with E-state index in [1.165, 1.54) is 17.7 Å². The maximum atomic E-state index is 13.4. The highest BCUT2D eigenvalue weighted by molar-refractivity contribution is 5.94. The number of nitrogens with one attached hydrogen (secondary N) is 1. The number of benzene rings is 2. The third kappa shape index (κ3) is 3.81. The Morgan fingerprint density at radius 3 is 2.43 bits per heavy atom. The zero-order chi connectivity index (χ0) is 15.4. The van der Waals surface area contributed by atoms with E-state index in [1.807, 2.05) is 0 Å². The fourth-order valence-corrected chi connectivity index (χ4v) is 2.05. The Morgan fingerprint density at radius 2 is 1.86 bits per heavy atom. The normalized spacial score (nSPS) is 10.7. The minimum absolute atomic E-state index is 0.102. The van der Waals surface area contributed by atoms with Crippen molar-refractivity contribution in [3.05, 3.63) is 65.0 Å². The Kier molecular flexibility index (Phi) is 4.58. The lowest BCUT2D eigenvalue weighted by Crippen LogP contribution is -2.13. The second-order valence-corrected chi connectivity index (χ2v) is 5.31. The molecule has 2 aromatic carbocycles. The fourth-order valence-electron chi connectivity index (χ4n) is 2.05. The molecule has 0 saturated carbocycles. The Balaban J connectivity index is 2.06. The minimum Gasteiger partial charge on any atom is -0.381 e. The Morgan fingerprint density at radius 1 is 1.19 bits per heavy atom. The number of amides is 1. The summed E-state index contributed by atoms with van der Waals surface area (Å²) in [5.41, 5.74) is 8.10. The van der Waals surface area contributed by atoms with Gasteiger partial charge < -0.3 is 11.1 Å². The van der Waals surface area contributed by atoms with Crippen LogP contribution in [0, 0.1) is 5.82 Å². The number of hydrogen-bond donors (Lipinski definition) is 2. The molecule has 0 saturated heterocycles. The van der Waals surface area contributed by atoms with E-state index in [0.29, 0.717) is 18.2 Å². The van der Waals surface area contributed by atoms with Crippen molar-refractivity contribution < 1.29 is 9.18 Å². The van der Waals surface area contributed by atoms with Crippen molar-refractivity contribution in [2.75, 3.05) is 5.32 Å². The van der Waals surface area contributed by atoms with Crippen LogP contribution in [0.15, 0.2) is 42.5 Å². The van der Waals surface area contributed by atoms with Crippen LogP contribution < -0.4 is 11.1 Å². The summed E-state index contributed by atoms with van der Waals surface area (Å²) < 4.78 is 13.4. The van der Waals surface area contributed by atoms with Gasteiger partial charge in [-0.15, -0.1) is 0 Å². The summed E-state index contributed by atoms with van der Waals surface area (Å²) >= 11 is 0. The van der Waals surface area contributed by atoms with Gasteiger partial charge in [0.05, 0.1) is 5.56 Å². The molecule has 0 bridgehead atoms. The van der Waals surface area contributed by atoms with Crippen molar-refractivity contribution in [1.82, 2.24) is 0 Å². The average molecular weight is 286 g/mol. The van der Waals surface area contributed by atoms with Gasteiger partial charge in [-0.05, 0) is 35.2 Å². The second-order valence-electron chi connectivity index (χ2n) is 5.31. The molecule has 1 amide bonds. The second kappa shape index (κ2) is 6.39. The van der Waals surface area contributed by atoms with E-state index in [1.54, 1.807) is 6.07 Å². The maximum absolute atomic E-state index is 13.4. The highest BCUT2D eigenvalue weighted by atomic mass is 19.1. The first-order valence-corrected chi connectivity index (χ1v) is 6.89. The van der Waals surface area contributed by atoms with Crippen LogP contribution in [-0.2, 0) is 6.54 Å². The Hall–Kier alpha value is -2.36. The van der Waals surface area contributed by atoms with Crippen LogP contribution in [0.2, 0.25) is 0 Å². The molecule has 0 aliphatic heterocycles. The molecule has 0 unspecified atom stereocenters. The summed E-state index contributed by atoms with van der Waals surface area (Å²) in [6.45, 7) is 4.90. The van der Waals surface area contributed by atoms with Gasteiger partial charge in [0.15, 0.2) is 0 Å². The molecule has 3 nitrogen and oxygen atoms in total. The smallest absolute Gasteiger partial charge is 0.251 e. The first kappa shape index (κ1) is 15.0. The van der Waals surface area contributed by atoms with Crippen molar-refractivity contribution in [2.45, 2.75) is 26.3 Å². The Labute approximate surface area is 124 Å². The van der Waals surface area contributed by atoms with Crippen molar-refractivity contribution in [2.24, 2.45) is 5.73 Å². The first-order chi connectivity index (χ1) is 9.97. The largest absolute Gasteiger partial charge is 0.381 e. The summed E-state index contributed by atoms with van der Waals surface area (Å²) in [6.07, 6.45) is 0. The van der Waals surface area contributed by atoms with Gasteiger partial charge in [-0.2, -0.15) is 0 Å². The van der Waals surface area contributed by atoms with Crippen LogP contribution in [0.1, 0.15) is 41.3 Å². The molecule has 3 N–H and O–H groups in total. The van der Waals surface area contributed by atoms with Gasteiger partial charge in [-0.3, -0.25) is 4.79 Å². The van der Waals surface area contributed by atoms with E-state index in [0.717, 1.165) is 5.56 Å². The lowest BCUT2D eigenvalue weighted by atomic mass is 10.0. The van der Waals surface area contributed by atoms with Crippen LogP contribution in [0.25, 0.3) is 0 Å². The molecule has 0 atom stereocenters. The van der Waals surface area contributed by atoms with Crippen LogP contribution >= 0.6 is 0 Å². The van der Waals surface area contributed by atoms with E-state index < -0.39 is 11.7 Å².